The Labute approximate surface area is 79.7 Å². The minimum Gasteiger partial charge on any atom is -0.371 e. The van der Waals surface area contributed by atoms with Crippen molar-refractivity contribution in [3.63, 3.8) is 0 Å². The number of benzene rings is 1. The summed E-state index contributed by atoms with van der Waals surface area (Å²) in [6.45, 7) is 4.50. The lowest BCUT2D eigenvalue weighted by Crippen LogP contribution is -2.36. The van der Waals surface area contributed by atoms with Gasteiger partial charge in [0.1, 0.15) is 0 Å². The first-order valence-corrected chi connectivity index (χ1v) is 4.88. The summed E-state index contributed by atoms with van der Waals surface area (Å²) < 4.78 is 0. The SMILES string of the molecule is C/C=C/c1ccc(N2CCC2)cc1. The molecule has 1 aromatic carbocycles. The monoisotopic (exact) mass is 173 g/mol. The molecule has 0 unspecified atom stereocenters. The minimum absolute atomic E-state index is 1.23. The van der Waals surface area contributed by atoms with Crippen LogP contribution in [-0.2, 0) is 0 Å². The molecule has 0 N–H and O–H groups in total. The van der Waals surface area contributed by atoms with Crippen molar-refractivity contribution >= 4 is 11.8 Å². The summed E-state index contributed by atoms with van der Waals surface area (Å²) in [5.41, 5.74) is 2.64. The average molecular weight is 173 g/mol. The maximum Gasteiger partial charge on any atom is 0.0366 e. The Kier molecular flexibility index (Phi) is 2.35. The van der Waals surface area contributed by atoms with Gasteiger partial charge in [0.05, 0.1) is 0 Å². The summed E-state index contributed by atoms with van der Waals surface area (Å²) in [5.74, 6) is 0. The molecule has 1 nitrogen and oxygen atoms in total. The molecule has 0 atom stereocenters. The van der Waals surface area contributed by atoms with Crippen LogP contribution in [0.2, 0.25) is 0 Å². The van der Waals surface area contributed by atoms with E-state index in [1.54, 1.807) is 0 Å². The zero-order valence-electron chi connectivity index (χ0n) is 8.03. The third-order valence-corrected chi connectivity index (χ3v) is 2.47. The summed E-state index contributed by atoms with van der Waals surface area (Å²) in [6.07, 6.45) is 5.54. The van der Waals surface area contributed by atoms with Gasteiger partial charge in [0.15, 0.2) is 0 Å². The van der Waals surface area contributed by atoms with E-state index in [9.17, 15) is 0 Å². The van der Waals surface area contributed by atoms with Crippen LogP contribution in [0.1, 0.15) is 18.9 Å². The van der Waals surface area contributed by atoms with E-state index in [0.717, 1.165) is 0 Å². The molecule has 1 aliphatic rings. The summed E-state index contributed by atoms with van der Waals surface area (Å²) >= 11 is 0. The number of rotatable bonds is 2. The van der Waals surface area contributed by atoms with Crippen LogP contribution in [0.3, 0.4) is 0 Å². The smallest absolute Gasteiger partial charge is 0.0366 e. The molecule has 1 fully saturated rings. The molecule has 0 saturated carbocycles. The van der Waals surface area contributed by atoms with Crippen LogP contribution >= 0.6 is 0 Å². The lowest BCUT2D eigenvalue weighted by molar-refractivity contribution is 0.618. The highest BCUT2D eigenvalue weighted by atomic mass is 15.2. The third-order valence-electron chi connectivity index (χ3n) is 2.47. The van der Waals surface area contributed by atoms with Gasteiger partial charge in [0.25, 0.3) is 0 Å². The predicted molar refractivity (Wildman–Crippen MR) is 58.0 cm³/mol. The number of anilines is 1. The molecular weight excluding hydrogens is 158 g/mol. The molecule has 13 heavy (non-hydrogen) atoms. The molecule has 0 aromatic heterocycles. The van der Waals surface area contributed by atoms with Crippen LogP contribution in [0.25, 0.3) is 6.08 Å². The first kappa shape index (κ1) is 8.36. The maximum atomic E-state index is 2.40. The van der Waals surface area contributed by atoms with Crippen molar-refractivity contribution in [3.05, 3.63) is 35.9 Å². The van der Waals surface area contributed by atoms with Gasteiger partial charge in [0, 0.05) is 18.8 Å². The van der Waals surface area contributed by atoms with Crippen LogP contribution < -0.4 is 4.90 Å². The first-order valence-electron chi connectivity index (χ1n) is 4.88. The lowest BCUT2D eigenvalue weighted by atomic mass is 10.1. The Morgan fingerprint density at radius 1 is 1.15 bits per heavy atom. The van der Waals surface area contributed by atoms with E-state index >= 15 is 0 Å². The third kappa shape index (κ3) is 1.74. The number of nitrogens with zero attached hydrogens (tertiary/aromatic N) is 1. The highest BCUT2D eigenvalue weighted by Crippen LogP contribution is 2.20. The van der Waals surface area contributed by atoms with Gasteiger partial charge in [-0.15, -0.1) is 0 Å². The maximum absolute atomic E-state index is 2.40. The molecule has 0 radical (unpaired) electrons. The fourth-order valence-corrected chi connectivity index (χ4v) is 1.56. The summed E-state index contributed by atoms with van der Waals surface area (Å²) in [6, 6.07) is 8.75. The lowest BCUT2D eigenvalue weighted by Gasteiger charge is -2.33. The molecule has 2 rings (SSSR count). The second-order valence-electron chi connectivity index (χ2n) is 3.43. The molecule has 1 aliphatic heterocycles. The average Bonchev–Trinajstić information content (AvgIpc) is 2.06. The van der Waals surface area contributed by atoms with E-state index in [0.29, 0.717) is 0 Å². The van der Waals surface area contributed by atoms with Gasteiger partial charge in [-0.25, -0.2) is 0 Å². The second kappa shape index (κ2) is 3.65. The Hall–Kier alpha value is -1.24. The van der Waals surface area contributed by atoms with Crippen molar-refractivity contribution in [2.75, 3.05) is 18.0 Å². The zero-order chi connectivity index (χ0) is 9.10. The van der Waals surface area contributed by atoms with Crippen LogP contribution in [0.15, 0.2) is 30.3 Å². The Balaban J connectivity index is 2.13. The van der Waals surface area contributed by atoms with E-state index in [4.69, 9.17) is 0 Å². The van der Waals surface area contributed by atoms with E-state index in [1.807, 2.05) is 6.92 Å². The molecule has 1 aromatic rings. The summed E-state index contributed by atoms with van der Waals surface area (Å²) in [5, 5.41) is 0. The van der Waals surface area contributed by atoms with Crippen molar-refractivity contribution in [1.82, 2.24) is 0 Å². The number of hydrogen-bond acceptors (Lipinski definition) is 1. The van der Waals surface area contributed by atoms with Gasteiger partial charge in [-0.05, 0) is 31.0 Å². The van der Waals surface area contributed by atoms with Gasteiger partial charge in [-0.3, -0.25) is 0 Å². The molecule has 68 valence electrons. The largest absolute Gasteiger partial charge is 0.371 e. The normalized spacial score (nSPS) is 16.2. The van der Waals surface area contributed by atoms with Crippen molar-refractivity contribution in [2.45, 2.75) is 13.3 Å². The van der Waals surface area contributed by atoms with Crippen LogP contribution in [0.4, 0.5) is 5.69 Å². The standard InChI is InChI=1S/C12H15N/c1-2-4-11-5-7-12(8-6-11)13-9-3-10-13/h2,4-8H,3,9-10H2,1H3/b4-2+. The van der Waals surface area contributed by atoms with E-state index in [1.165, 1.54) is 30.8 Å². The topological polar surface area (TPSA) is 3.24 Å². The molecule has 1 heteroatoms. The van der Waals surface area contributed by atoms with Crippen molar-refractivity contribution in [2.24, 2.45) is 0 Å². The summed E-state index contributed by atoms with van der Waals surface area (Å²) in [7, 11) is 0. The highest BCUT2D eigenvalue weighted by Gasteiger charge is 2.13. The minimum atomic E-state index is 1.23. The van der Waals surface area contributed by atoms with Gasteiger partial charge in [-0.2, -0.15) is 0 Å². The summed E-state index contributed by atoms with van der Waals surface area (Å²) in [4.78, 5) is 2.40. The van der Waals surface area contributed by atoms with Crippen LogP contribution in [-0.4, -0.2) is 13.1 Å². The van der Waals surface area contributed by atoms with Crippen molar-refractivity contribution in [1.29, 1.82) is 0 Å². The molecular formula is C12H15N. The molecule has 1 heterocycles. The van der Waals surface area contributed by atoms with Gasteiger partial charge < -0.3 is 4.90 Å². The Morgan fingerprint density at radius 2 is 1.85 bits per heavy atom. The molecule has 0 spiro atoms. The van der Waals surface area contributed by atoms with E-state index < -0.39 is 0 Å². The van der Waals surface area contributed by atoms with Gasteiger partial charge in [0.2, 0.25) is 0 Å². The van der Waals surface area contributed by atoms with Crippen molar-refractivity contribution in [3.8, 4) is 0 Å². The fraction of sp³-hybridized carbons (Fsp3) is 0.333. The first-order chi connectivity index (χ1) is 6.40. The Bertz CT molecular complexity index is 293. The molecule has 0 amide bonds. The number of hydrogen-bond donors (Lipinski definition) is 0. The quantitative estimate of drug-likeness (QED) is 0.664. The molecule has 0 bridgehead atoms. The Morgan fingerprint density at radius 3 is 2.31 bits per heavy atom. The van der Waals surface area contributed by atoms with Gasteiger partial charge >= 0.3 is 0 Å². The van der Waals surface area contributed by atoms with E-state index in [2.05, 4.69) is 41.3 Å². The predicted octanol–water partition coefficient (Wildman–Crippen LogP) is 2.93. The molecule has 1 saturated heterocycles. The van der Waals surface area contributed by atoms with E-state index in [-0.39, 0.29) is 0 Å². The second-order valence-corrected chi connectivity index (χ2v) is 3.43. The van der Waals surface area contributed by atoms with Crippen LogP contribution in [0, 0.1) is 0 Å². The van der Waals surface area contributed by atoms with Crippen LogP contribution in [0.5, 0.6) is 0 Å². The fourth-order valence-electron chi connectivity index (χ4n) is 1.56. The molecule has 0 aliphatic carbocycles. The van der Waals surface area contributed by atoms with Gasteiger partial charge in [-0.1, -0.05) is 24.3 Å². The van der Waals surface area contributed by atoms with Crippen molar-refractivity contribution < 1.29 is 0 Å². The highest BCUT2D eigenvalue weighted by molar-refractivity contribution is 5.56. The zero-order valence-corrected chi connectivity index (χ0v) is 8.03. The number of allylic oxidation sites excluding steroid dienone is 1.